The number of carbonyl (C=O) groups excluding carboxylic acids is 9. The number of esters is 7. The molecule has 52 heavy (non-hydrogen) atoms. The highest BCUT2D eigenvalue weighted by atomic mass is 127. The average Bonchev–Trinajstić information content (AvgIpc) is 3.01. The van der Waals surface area contributed by atoms with E-state index in [4.69, 9.17) is 33.2 Å². The van der Waals surface area contributed by atoms with Crippen molar-refractivity contribution < 1.29 is 76.3 Å². The van der Waals surface area contributed by atoms with Gasteiger partial charge in [0, 0.05) is 62.0 Å². The van der Waals surface area contributed by atoms with Gasteiger partial charge >= 0.3 is 41.8 Å². The molecule has 0 saturated carbocycles. The molecule has 3 unspecified atom stereocenters. The van der Waals surface area contributed by atoms with Crippen LogP contribution in [0, 0.1) is 10.7 Å². The molecule has 0 aromatic heterocycles. The summed E-state index contributed by atoms with van der Waals surface area (Å²) < 4.78 is 36.7. The number of anilines is 2. The number of hydrogen-bond acceptors (Lipinski definition) is 16. The summed E-state index contributed by atoms with van der Waals surface area (Å²) in [6, 6.07) is 0. The zero-order valence-electron chi connectivity index (χ0n) is 29.1. The number of nitrogens with zero attached hydrogens (tertiary/aromatic N) is 1. The third-order valence-electron chi connectivity index (χ3n) is 6.09. The molecule has 1 rings (SSSR count). The fourth-order valence-corrected chi connectivity index (χ4v) is 8.59. The summed E-state index contributed by atoms with van der Waals surface area (Å²) >= 11 is 5.63. The summed E-state index contributed by atoms with van der Waals surface area (Å²) in [7, 11) is 0. The van der Waals surface area contributed by atoms with Crippen LogP contribution in [0.25, 0.3) is 0 Å². The van der Waals surface area contributed by atoms with Crippen molar-refractivity contribution in [2.24, 2.45) is 0 Å². The molecule has 0 aliphatic carbocycles. The fourth-order valence-electron chi connectivity index (χ4n) is 4.13. The Hall–Kier alpha value is -3.36. The zero-order valence-corrected chi connectivity index (χ0v) is 35.6. The van der Waals surface area contributed by atoms with Gasteiger partial charge in [-0.25, -0.2) is 0 Å². The molecule has 18 nitrogen and oxygen atoms in total. The predicted octanol–water partition coefficient (Wildman–Crippen LogP) is 2.36. The van der Waals surface area contributed by atoms with E-state index in [-0.39, 0.29) is 41.1 Å². The van der Waals surface area contributed by atoms with E-state index >= 15 is 0 Å². The van der Waals surface area contributed by atoms with Crippen LogP contribution in [-0.2, 0) is 82.7 Å². The molecule has 0 saturated heterocycles. The molecule has 21 heteroatoms. The van der Waals surface area contributed by atoms with Crippen molar-refractivity contribution in [1.82, 2.24) is 0 Å². The molecule has 0 aliphatic rings. The van der Waals surface area contributed by atoms with Gasteiger partial charge in [0.05, 0.1) is 21.5 Å². The second-order valence-corrected chi connectivity index (χ2v) is 13.7. The van der Waals surface area contributed by atoms with Crippen LogP contribution in [0.1, 0.15) is 54.0 Å². The Morgan fingerprint density at radius 2 is 1.04 bits per heavy atom. The van der Waals surface area contributed by atoms with Crippen LogP contribution in [-0.4, -0.2) is 105 Å². The first-order valence-electron chi connectivity index (χ1n) is 15.0. The third-order valence-corrected chi connectivity index (χ3v) is 9.49. The second kappa shape index (κ2) is 22.7. The standard InChI is InChI=1S/C31H37I3N2O16/c1-14(37)46-9-8-36(31(45)24(52-20(7)43)13-49-17(4)40)29-26(33)22(10-21(50-18(5)41)11-47-15(2)38)25(32)28(27(29)34)35-30(44)23(51-19(6)42)12-48-16(3)39/h21,23-24H,8-13H2,1-7H3,(H,35,44). The summed E-state index contributed by atoms with van der Waals surface area (Å²) in [5.74, 6) is -7.17. The maximum atomic E-state index is 14.2. The third kappa shape index (κ3) is 16.1. The Labute approximate surface area is 339 Å². The highest BCUT2D eigenvalue weighted by Gasteiger charge is 2.35. The smallest absolute Gasteiger partial charge is 0.303 e. The van der Waals surface area contributed by atoms with Gasteiger partial charge in [0.1, 0.15) is 32.5 Å². The summed E-state index contributed by atoms with van der Waals surface area (Å²) in [6.07, 6.45) is -4.51. The van der Waals surface area contributed by atoms with Crippen molar-refractivity contribution in [3.05, 3.63) is 16.3 Å². The van der Waals surface area contributed by atoms with E-state index in [9.17, 15) is 43.2 Å². The number of carbonyl (C=O) groups is 9. The van der Waals surface area contributed by atoms with Crippen molar-refractivity contribution in [2.45, 2.75) is 73.2 Å². The maximum absolute atomic E-state index is 14.2. The van der Waals surface area contributed by atoms with E-state index < -0.39 is 85.1 Å². The molecule has 1 N–H and O–H groups in total. The Morgan fingerprint density at radius 3 is 1.52 bits per heavy atom. The number of ether oxygens (including phenoxy) is 7. The first kappa shape index (κ1) is 46.7. The van der Waals surface area contributed by atoms with Crippen LogP contribution in [0.2, 0.25) is 0 Å². The van der Waals surface area contributed by atoms with Gasteiger partial charge in [0.2, 0.25) is 12.2 Å². The number of hydrogen-bond donors (Lipinski definition) is 1. The molecular formula is C31H37I3N2O16. The summed E-state index contributed by atoms with van der Waals surface area (Å²) in [5.41, 5.74) is 0.464. The number of nitrogens with one attached hydrogen (secondary N) is 1. The van der Waals surface area contributed by atoms with E-state index in [2.05, 4.69) is 5.32 Å². The lowest BCUT2D eigenvalue weighted by Crippen LogP contribution is -2.46. The molecule has 0 aliphatic heterocycles. The number of rotatable bonds is 18. The minimum absolute atomic E-state index is 0.0416. The Morgan fingerprint density at radius 1 is 0.577 bits per heavy atom. The maximum Gasteiger partial charge on any atom is 0.303 e. The van der Waals surface area contributed by atoms with Gasteiger partial charge in [-0.1, -0.05) is 0 Å². The van der Waals surface area contributed by atoms with E-state index in [1.54, 1.807) is 0 Å². The van der Waals surface area contributed by atoms with Crippen LogP contribution in [0.5, 0.6) is 0 Å². The van der Waals surface area contributed by atoms with Crippen LogP contribution in [0.15, 0.2) is 0 Å². The summed E-state index contributed by atoms with van der Waals surface area (Å²) in [5, 5.41) is 2.65. The first-order chi connectivity index (χ1) is 24.2. The molecule has 0 heterocycles. The normalized spacial score (nSPS) is 12.2. The van der Waals surface area contributed by atoms with Gasteiger partial charge in [0.15, 0.2) is 0 Å². The van der Waals surface area contributed by atoms with Crippen molar-refractivity contribution in [2.75, 3.05) is 43.2 Å². The number of halogens is 3. The SMILES string of the molecule is CC(=O)OCCN(C(=O)C(COC(C)=O)OC(C)=O)c1c(I)c(CC(COC(C)=O)OC(C)=O)c(I)c(NC(=O)C(COC(C)=O)OC(C)=O)c1I. The first-order valence-corrected chi connectivity index (χ1v) is 18.3. The largest absolute Gasteiger partial charge is 0.464 e. The van der Waals surface area contributed by atoms with Gasteiger partial charge in [-0.15, -0.1) is 0 Å². The van der Waals surface area contributed by atoms with Crippen molar-refractivity contribution in [1.29, 1.82) is 0 Å². The van der Waals surface area contributed by atoms with Crippen molar-refractivity contribution in [3.8, 4) is 0 Å². The number of amides is 2. The molecule has 0 spiro atoms. The quantitative estimate of drug-likeness (QED) is 0.126. The van der Waals surface area contributed by atoms with E-state index in [1.807, 2.05) is 67.8 Å². The van der Waals surface area contributed by atoms with Gasteiger partial charge in [-0.05, 0) is 73.3 Å². The van der Waals surface area contributed by atoms with Gasteiger partial charge in [-0.2, -0.15) is 0 Å². The number of benzene rings is 1. The minimum atomic E-state index is -1.68. The molecule has 0 fully saturated rings. The van der Waals surface area contributed by atoms with Crippen molar-refractivity contribution >= 4 is 133 Å². The summed E-state index contributed by atoms with van der Waals surface area (Å²) in [4.78, 5) is 111. The lowest BCUT2D eigenvalue weighted by atomic mass is 10.0. The highest BCUT2D eigenvalue weighted by Crippen LogP contribution is 2.42. The topological polar surface area (TPSA) is 234 Å². The molecule has 1 aromatic rings. The molecule has 0 bridgehead atoms. The van der Waals surface area contributed by atoms with E-state index in [0.717, 1.165) is 53.4 Å². The van der Waals surface area contributed by atoms with Crippen LogP contribution < -0.4 is 10.2 Å². The lowest BCUT2D eigenvalue weighted by molar-refractivity contribution is -0.161. The fraction of sp³-hybridized carbons (Fsp3) is 0.516. The Kier molecular flexibility index (Phi) is 20.3. The molecule has 2 amide bonds. The van der Waals surface area contributed by atoms with Gasteiger partial charge in [0.25, 0.3) is 11.8 Å². The summed E-state index contributed by atoms with van der Waals surface area (Å²) in [6.45, 7) is 5.31. The average molecular weight is 1070 g/mol. The Balaban J connectivity index is 4.15. The molecule has 3 atom stereocenters. The predicted molar refractivity (Wildman–Crippen MR) is 202 cm³/mol. The second-order valence-electron chi connectivity index (χ2n) is 10.5. The monoisotopic (exact) mass is 1070 g/mol. The molecule has 0 radical (unpaired) electrons. The van der Waals surface area contributed by atoms with E-state index in [0.29, 0.717) is 12.7 Å². The van der Waals surface area contributed by atoms with Crippen LogP contribution >= 0.6 is 67.8 Å². The molecule has 288 valence electrons. The highest BCUT2D eigenvalue weighted by molar-refractivity contribution is 14.1. The minimum Gasteiger partial charge on any atom is -0.464 e. The van der Waals surface area contributed by atoms with Crippen LogP contribution in [0.3, 0.4) is 0 Å². The zero-order chi connectivity index (χ0) is 39.9. The van der Waals surface area contributed by atoms with Gasteiger partial charge < -0.3 is 43.4 Å². The van der Waals surface area contributed by atoms with Gasteiger partial charge in [-0.3, -0.25) is 43.2 Å². The van der Waals surface area contributed by atoms with Crippen LogP contribution in [0.4, 0.5) is 11.4 Å². The Bertz CT molecular complexity index is 1570. The van der Waals surface area contributed by atoms with Crippen molar-refractivity contribution in [3.63, 3.8) is 0 Å². The van der Waals surface area contributed by atoms with E-state index in [1.165, 1.54) is 0 Å². The molecular weight excluding hydrogens is 1040 g/mol. The molecule has 1 aromatic carbocycles. The lowest BCUT2D eigenvalue weighted by Gasteiger charge is -2.31.